The van der Waals surface area contributed by atoms with Gasteiger partial charge in [0, 0.05) is 18.0 Å². The normalized spacial score (nSPS) is 10.5. The zero-order valence-electron chi connectivity index (χ0n) is 9.07. The number of alkyl halides is 2. The first-order valence-corrected chi connectivity index (χ1v) is 5.17. The summed E-state index contributed by atoms with van der Waals surface area (Å²) in [5.74, 6) is 0. The maximum atomic E-state index is 12.3. The first-order chi connectivity index (χ1) is 8.24. The van der Waals surface area contributed by atoms with Crippen LogP contribution in [-0.4, -0.2) is 4.57 Å². The van der Waals surface area contributed by atoms with Gasteiger partial charge in [-0.3, -0.25) is 9.36 Å². The standard InChI is InChI=1S/C13H11F2NO/c14-8-10-1-3-12(4-2-10)16-6-5-11(9-15)7-13(16)17/h1-7H,8-9H2. The van der Waals surface area contributed by atoms with Gasteiger partial charge in [-0.25, -0.2) is 8.78 Å². The lowest BCUT2D eigenvalue weighted by Crippen LogP contribution is -2.16. The van der Waals surface area contributed by atoms with Crippen molar-refractivity contribution in [2.75, 3.05) is 0 Å². The van der Waals surface area contributed by atoms with Crippen LogP contribution in [0.25, 0.3) is 5.69 Å². The number of halogens is 2. The van der Waals surface area contributed by atoms with Gasteiger partial charge in [0.05, 0.1) is 0 Å². The Balaban J connectivity index is 2.42. The maximum Gasteiger partial charge on any atom is 0.255 e. The number of pyridine rings is 1. The molecule has 0 bridgehead atoms. The molecule has 1 aromatic carbocycles. The van der Waals surface area contributed by atoms with Gasteiger partial charge in [0.1, 0.15) is 13.3 Å². The van der Waals surface area contributed by atoms with Crippen LogP contribution < -0.4 is 5.56 Å². The van der Waals surface area contributed by atoms with Crippen LogP contribution in [0, 0.1) is 0 Å². The second-order valence-corrected chi connectivity index (χ2v) is 3.68. The van der Waals surface area contributed by atoms with E-state index in [9.17, 15) is 13.6 Å². The summed E-state index contributed by atoms with van der Waals surface area (Å²) in [5.41, 5.74) is 1.25. The molecule has 0 saturated heterocycles. The SMILES string of the molecule is O=c1cc(CF)ccn1-c1ccc(CF)cc1. The number of aromatic nitrogens is 1. The summed E-state index contributed by atoms with van der Waals surface area (Å²) >= 11 is 0. The average Bonchev–Trinajstić information content (AvgIpc) is 2.39. The molecule has 0 aliphatic heterocycles. The molecule has 17 heavy (non-hydrogen) atoms. The van der Waals surface area contributed by atoms with Crippen molar-refractivity contribution in [1.29, 1.82) is 0 Å². The van der Waals surface area contributed by atoms with E-state index in [4.69, 9.17) is 0 Å². The highest BCUT2D eigenvalue weighted by Crippen LogP contribution is 2.09. The van der Waals surface area contributed by atoms with E-state index in [1.807, 2.05) is 0 Å². The van der Waals surface area contributed by atoms with Crippen LogP contribution in [0.15, 0.2) is 47.4 Å². The third-order valence-corrected chi connectivity index (χ3v) is 2.51. The Kier molecular flexibility index (Phi) is 3.32. The molecule has 0 unspecified atom stereocenters. The number of hydrogen-bond donors (Lipinski definition) is 0. The molecular weight excluding hydrogens is 224 g/mol. The molecule has 0 amide bonds. The molecule has 2 aromatic rings. The Morgan fingerprint density at radius 1 is 0.941 bits per heavy atom. The Labute approximate surface area is 97.1 Å². The minimum absolute atomic E-state index is 0.298. The summed E-state index contributed by atoms with van der Waals surface area (Å²) in [4.78, 5) is 11.7. The highest BCUT2D eigenvalue weighted by Gasteiger charge is 2.01. The van der Waals surface area contributed by atoms with Gasteiger partial charge in [-0.2, -0.15) is 0 Å². The fraction of sp³-hybridized carbons (Fsp3) is 0.154. The molecule has 2 nitrogen and oxygen atoms in total. The summed E-state index contributed by atoms with van der Waals surface area (Å²) in [6.07, 6.45) is 1.52. The van der Waals surface area contributed by atoms with Gasteiger partial charge in [0.15, 0.2) is 0 Å². The fourth-order valence-electron chi connectivity index (χ4n) is 1.56. The van der Waals surface area contributed by atoms with E-state index >= 15 is 0 Å². The Morgan fingerprint density at radius 2 is 1.59 bits per heavy atom. The van der Waals surface area contributed by atoms with Crippen LogP contribution in [0.3, 0.4) is 0 Å². The quantitative estimate of drug-likeness (QED) is 0.801. The molecule has 0 aliphatic carbocycles. The molecule has 4 heteroatoms. The van der Waals surface area contributed by atoms with Crippen LogP contribution in [0.1, 0.15) is 11.1 Å². The molecule has 0 aliphatic rings. The number of benzene rings is 1. The monoisotopic (exact) mass is 235 g/mol. The van der Waals surface area contributed by atoms with E-state index in [1.165, 1.54) is 16.8 Å². The van der Waals surface area contributed by atoms with E-state index in [0.717, 1.165) is 0 Å². The highest BCUT2D eigenvalue weighted by molar-refractivity contribution is 5.35. The lowest BCUT2D eigenvalue weighted by Gasteiger charge is -2.06. The van der Waals surface area contributed by atoms with Gasteiger partial charge >= 0.3 is 0 Å². The van der Waals surface area contributed by atoms with E-state index in [0.29, 0.717) is 16.8 Å². The molecule has 0 atom stereocenters. The predicted molar refractivity (Wildman–Crippen MR) is 61.7 cm³/mol. The van der Waals surface area contributed by atoms with Crippen LogP contribution in [0.5, 0.6) is 0 Å². The summed E-state index contributed by atoms with van der Waals surface area (Å²) in [5, 5.41) is 0. The molecule has 1 heterocycles. The zero-order chi connectivity index (χ0) is 12.3. The minimum Gasteiger partial charge on any atom is -0.284 e. The second-order valence-electron chi connectivity index (χ2n) is 3.68. The number of nitrogens with zero attached hydrogens (tertiary/aromatic N) is 1. The van der Waals surface area contributed by atoms with Crippen LogP contribution in [-0.2, 0) is 13.3 Å². The van der Waals surface area contributed by atoms with E-state index in [1.54, 1.807) is 30.3 Å². The lowest BCUT2D eigenvalue weighted by molar-refractivity contribution is 0.484. The Hall–Kier alpha value is -1.97. The van der Waals surface area contributed by atoms with Gasteiger partial charge < -0.3 is 0 Å². The lowest BCUT2D eigenvalue weighted by atomic mass is 10.2. The zero-order valence-corrected chi connectivity index (χ0v) is 9.07. The van der Waals surface area contributed by atoms with Crippen LogP contribution in [0.2, 0.25) is 0 Å². The first-order valence-electron chi connectivity index (χ1n) is 5.17. The van der Waals surface area contributed by atoms with E-state index < -0.39 is 13.3 Å². The van der Waals surface area contributed by atoms with Crippen molar-refractivity contribution in [3.05, 3.63) is 64.1 Å². The van der Waals surface area contributed by atoms with Crippen molar-refractivity contribution >= 4 is 0 Å². The predicted octanol–water partition coefficient (Wildman–Crippen LogP) is 2.78. The highest BCUT2D eigenvalue weighted by atomic mass is 19.1. The first kappa shape index (κ1) is 11.5. The molecule has 0 radical (unpaired) electrons. The fourth-order valence-corrected chi connectivity index (χ4v) is 1.56. The number of hydrogen-bond acceptors (Lipinski definition) is 1. The molecular formula is C13H11F2NO. The van der Waals surface area contributed by atoms with E-state index in [-0.39, 0.29) is 5.56 Å². The van der Waals surface area contributed by atoms with Crippen LogP contribution in [0.4, 0.5) is 8.78 Å². The second kappa shape index (κ2) is 4.91. The number of rotatable bonds is 3. The smallest absolute Gasteiger partial charge is 0.255 e. The van der Waals surface area contributed by atoms with Gasteiger partial charge in [0.25, 0.3) is 5.56 Å². The summed E-state index contributed by atoms with van der Waals surface area (Å²) in [7, 11) is 0. The summed E-state index contributed by atoms with van der Waals surface area (Å²) in [6, 6.07) is 9.35. The third kappa shape index (κ3) is 2.41. The molecule has 1 aromatic heterocycles. The van der Waals surface area contributed by atoms with Crippen molar-refractivity contribution < 1.29 is 8.78 Å². The topological polar surface area (TPSA) is 22.0 Å². The molecule has 0 N–H and O–H groups in total. The molecule has 0 fully saturated rings. The van der Waals surface area contributed by atoms with Crippen molar-refractivity contribution in [1.82, 2.24) is 4.57 Å². The van der Waals surface area contributed by atoms with E-state index in [2.05, 4.69) is 0 Å². The molecule has 88 valence electrons. The average molecular weight is 235 g/mol. The van der Waals surface area contributed by atoms with Crippen molar-refractivity contribution in [2.45, 2.75) is 13.3 Å². The Morgan fingerprint density at radius 3 is 2.12 bits per heavy atom. The van der Waals surface area contributed by atoms with Crippen molar-refractivity contribution in [2.24, 2.45) is 0 Å². The minimum atomic E-state index is -0.656. The maximum absolute atomic E-state index is 12.3. The van der Waals surface area contributed by atoms with Gasteiger partial charge in [0.2, 0.25) is 0 Å². The Bertz CT molecular complexity index is 560. The summed E-state index contributed by atoms with van der Waals surface area (Å²) in [6.45, 7) is -1.19. The molecule has 0 saturated carbocycles. The van der Waals surface area contributed by atoms with Crippen molar-refractivity contribution in [3.8, 4) is 5.69 Å². The van der Waals surface area contributed by atoms with Crippen LogP contribution >= 0.6 is 0 Å². The summed E-state index contributed by atoms with van der Waals surface area (Å²) < 4.78 is 26.1. The largest absolute Gasteiger partial charge is 0.284 e. The van der Waals surface area contributed by atoms with Crippen molar-refractivity contribution in [3.63, 3.8) is 0 Å². The van der Waals surface area contributed by atoms with Gasteiger partial charge in [-0.05, 0) is 29.3 Å². The van der Waals surface area contributed by atoms with Gasteiger partial charge in [-0.1, -0.05) is 12.1 Å². The molecule has 2 rings (SSSR count). The third-order valence-electron chi connectivity index (χ3n) is 2.51. The van der Waals surface area contributed by atoms with Gasteiger partial charge in [-0.15, -0.1) is 0 Å². The molecule has 0 spiro atoms.